The first-order chi connectivity index (χ1) is 9.54. The molecule has 0 saturated heterocycles. The smallest absolute Gasteiger partial charge is 0.0676 e. The van der Waals surface area contributed by atoms with E-state index in [9.17, 15) is 0 Å². The second-order valence-corrected chi connectivity index (χ2v) is 5.58. The third-order valence-corrected chi connectivity index (χ3v) is 4.03. The fourth-order valence-corrected chi connectivity index (χ4v) is 2.87. The lowest BCUT2D eigenvalue weighted by atomic mass is 10.0. The molecular weight excluding hydrogens is 268 g/mol. The molecule has 2 aromatic rings. The molecule has 3 heteroatoms. The number of halogens is 1. The molecule has 0 aliphatic heterocycles. The highest BCUT2D eigenvalue weighted by atomic mass is 35.5. The lowest BCUT2D eigenvalue weighted by Crippen LogP contribution is -2.31. The van der Waals surface area contributed by atoms with Crippen molar-refractivity contribution >= 4 is 17.3 Å². The van der Waals surface area contributed by atoms with Gasteiger partial charge in [0.25, 0.3) is 0 Å². The van der Waals surface area contributed by atoms with Gasteiger partial charge in [0.1, 0.15) is 0 Å². The number of anilines is 1. The van der Waals surface area contributed by atoms with Crippen molar-refractivity contribution in [2.24, 2.45) is 5.73 Å². The second kappa shape index (κ2) is 6.29. The Labute approximate surface area is 126 Å². The zero-order chi connectivity index (χ0) is 14.7. The summed E-state index contributed by atoms with van der Waals surface area (Å²) in [6.07, 6.45) is 0. The molecule has 1 unspecified atom stereocenters. The Bertz CT molecular complexity index is 595. The van der Waals surface area contributed by atoms with E-state index in [1.807, 2.05) is 24.3 Å². The van der Waals surface area contributed by atoms with E-state index in [1.165, 1.54) is 16.8 Å². The van der Waals surface area contributed by atoms with Gasteiger partial charge in [0.2, 0.25) is 0 Å². The zero-order valence-electron chi connectivity index (χ0n) is 12.2. The summed E-state index contributed by atoms with van der Waals surface area (Å²) in [7, 11) is 2.07. The fourth-order valence-electron chi connectivity index (χ4n) is 2.61. The molecule has 1 atom stereocenters. The summed E-state index contributed by atoms with van der Waals surface area (Å²) in [5.41, 5.74) is 10.8. The van der Waals surface area contributed by atoms with E-state index in [2.05, 4.69) is 44.0 Å². The number of nitrogens with two attached hydrogens (primary N) is 1. The van der Waals surface area contributed by atoms with Crippen LogP contribution in [0.4, 0.5) is 5.69 Å². The summed E-state index contributed by atoms with van der Waals surface area (Å²) in [6.45, 7) is 4.75. The van der Waals surface area contributed by atoms with Crippen LogP contribution in [0.2, 0.25) is 5.02 Å². The largest absolute Gasteiger partial charge is 0.366 e. The van der Waals surface area contributed by atoms with Gasteiger partial charge in [-0.2, -0.15) is 0 Å². The van der Waals surface area contributed by atoms with Crippen LogP contribution in [-0.4, -0.2) is 13.6 Å². The number of hydrogen-bond donors (Lipinski definition) is 1. The maximum Gasteiger partial charge on any atom is 0.0676 e. The Morgan fingerprint density at radius 3 is 2.45 bits per heavy atom. The van der Waals surface area contributed by atoms with Crippen LogP contribution >= 0.6 is 11.6 Å². The topological polar surface area (TPSA) is 29.3 Å². The highest BCUT2D eigenvalue weighted by molar-refractivity contribution is 6.31. The molecular formula is C17H21ClN2. The van der Waals surface area contributed by atoms with Crippen molar-refractivity contribution in [3.63, 3.8) is 0 Å². The number of aryl methyl sites for hydroxylation is 2. The number of likely N-dealkylation sites (N-methyl/N-ethyl adjacent to an activating group) is 1. The summed E-state index contributed by atoms with van der Waals surface area (Å²) >= 11 is 6.31. The third kappa shape index (κ3) is 2.97. The highest BCUT2D eigenvalue weighted by Crippen LogP contribution is 2.31. The molecule has 0 spiro atoms. The zero-order valence-corrected chi connectivity index (χ0v) is 13.0. The second-order valence-electron chi connectivity index (χ2n) is 5.17. The molecule has 20 heavy (non-hydrogen) atoms. The van der Waals surface area contributed by atoms with E-state index >= 15 is 0 Å². The van der Waals surface area contributed by atoms with Crippen molar-refractivity contribution in [1.29, 1.82) is 0 Å². The third-order valence-electron chi connectivity index (χ3n) is 3.69. The molecule has 0 radical (unpaired) electrons. The van der Waals surface area contributed by atoms with Gasteiger partial charge in [0, 0.05) is 24.3 Å². The standard InChI is InChI=1S/C17H21ClN2/c1-12-8-9-16(13(2)10-12)20(3)17(11-19)14-6-4-5-7-15(14)18/h4-10,17H,11,19H2,1-3H3. The predicted octanol–water partition coefficient (Wildman–Crippen LogP) is 4.09. The van der Waals surface area contributed by atoms with Crippen molar-refractivity contribution < 1.29 is 0 Å². The van der Waals surface area contributed by atoms with E-state index in [1.54, 1.807) is 0 Å². The maximum atomic E-state index is 6.31. The van der Waals surface area contributed by atoms with Gasteiger partial charge in [-0.25, -0.2) is 0 Å². The Morgan fingerprint density at radius 1 is 1.15 bits per heavy atom. The molecule has 2 rings (SSSR count). The van der Waals surface area contributed by atoms with Crippen LogP contribution in [0.1, 0.15) is 22.7 Å². The summed E-state index contributed by atoms with van der Waals surface area (Å²) in [4.78, 5) is 2.20. The molecule has 0 aromatic heterocycles. The minimum Gasteiger partial charge on any atom is -0.366 e. The van der Waals surface area contributed by atoms with Gasteiger partial charge in [0.15, 0.2) is 0 Å². The Morgan fingerprint density at radius 2 is 1.85 bits per heavy atom. The van der Waals surface area contributed by atoms with Crippen LogP contribution < -0.4 is 10.6 Å². The van der Waals surface area contributed by atoms with Crippen LogP contribution in [0.25, 0.3) is 0 Å². The number of rotatable bonds is 4. The Kier molecular flexibility index (Phi) is 4.69. The van der Waals surface area contributed by atoms with Gasteiger partial charge in [-0.1, -0.05) is 47.5 Å². The summed E-state index contributed by atoms with van der Waals surface area (Å²) < 4.78 is 0. The molecule has 0 aliphatic rings. The van der Waals surface area contributed by atoms with E-state index < -0.39 is 0 Å². The van der Waals surface area contributed by atoms with E-state index in [4.69, 9.17) is 17.3 Å². The predicted molar refractivity (Wildman–Crippen MR) is 87.6 cm³/mol. The fraction of sp³-hybridized carbons (Fsp3) is 0.294. The number of hydrogen-bond acceptors (Lipinski definition) is 2. The lowest BCUT2D eigenvalue weighted by molar-refractivity contribution is 0.679. The van der Waals surface area contributed by atoms with Crippen molar-refractivity contribution in [3.05, 3.63) is 64.2 Å². The molecule has 0 fully saturated rings. The van der Waals surface area contributed by atoms with Gasteiger partial charge >= 0.3 is 0 Å². The van der Waals surface area contributed by atoms with Gasteiger partial charge in [-0.3, -0.25) is 0 Å². The lowest BCUT2D eigenvalue weighted by Gasteiger charge is -2.31. The number of nitrogens with zero attached hydrogens (tertiary/aromatic N) is 1. The van der Waals surface area contributed by atoms with E-state index in [-0.39, 0.29) is 6.04 Å². The van der Waals surface area contributed by atoms with Crippen molar-refractivity contribution in [2.45, 2.75) is 19.9 Å². The Hall–Kier alpha value is -1.51. The van der Waals surface area contributed by atoms with Crippen LogP contribution in [0, 0.1) is 13.8 Å². The first-order valence-electron chi connectivity index (χ1n) is 6.79. The average molecular weight is 289 g/mol. The molecule has 106 valence electrons. The van der Waals surface area contributed by atoms with Gasteiger partial charge in [0.05, 0.1) is 6.04 Å². The maximum absolute atomic E-state index is 6.31. The molecule has 2 nitrogen and oxygen atoms in total. The molecule has 2 aromatic carbocycles. The summed E-state index contributed by atoms with van der Waals surface area (Å²) in [5.74, 6) is 0. The molecule has 2 N–H and O–H groups in total. The molecule has 0 bridgehead atoms. The van der Waals surface area contributed by atoms with Gasteiger partial charge in [-0.15, -0.1) is 0 Å². The monoisotopic (exact) mass is 288 g/mol. The quantitative estimate of drug-likeness (QED) is 0.918. The normalized spacial score (nSPS) is 12.2. The molecule has 0 aliphatic carbocycles. The van der Waals surface area contributed by atoms with Crippen molar-refractivity contribution in [2.75, 3.05) is 18.5 Å². The van der Waals surface area contributed by atoms with Crippen molar-refractivity contribution in [3.8, 4) is 0 Å². The Balaban J connectivity index is 2.39. The molecule has 0 saturated carbocycles. The minimum atomic E-state index is 0.0742. The van der Waals surface area contributed by atoms with Gasteiger partial charge < -0.3 is 10.6 Å². The van der Waals surface area contributed by atoms with E-state index in [0.29, 0.717) is 6.54 Å². The van der Waals surface area contributed by atoms with Crippen LogP contribution in [-0.2, 0) is 0 Å². The summed E-state index contributed by atoms with van der Waals surface area (Å²) in [6, 6.07) is 14.4. The van der Waals surface area contributed by atoms with Gasteiger partial charge in [-0.05, 0) is 37.1 Å². The highest BCUT2D eigenvalue weighted by Gasteiger charge is 2.19. The van der Waals surface area contributed by atoms with Crippen LogP contribution in [0.3, 0.4) is 0 Å². The molecule has 0 heterocycles. The van der Waals surface area contributed by atoms with Crippen molar-refractivity contribution in [1.82, 2.24) is 0 Å². The summed E-state index contributed by atoms with van der Waals surface area (Å²) in [5, 5.41) is 0.763. The van der Waals surface area contributed by atoms with Crippen LogP contribution in [0.5, 0.6) is 0 Å². The first kappa shape index (κ1) is 14.9. The first-order valence-corrected chi connectivity index (χ1v) is 7.17. The molecule has 0 amide bonds. The van der Waals surface area contributed by atoms with E-state index in [0.717, 1.165) is 10.6 Å². The average Bonchev–Trinajstić information content (AvgIpc) is 2.41. The minimum absolute atomic E-state index is 0.0742. The van der Waals surface area contributed by atoms with Crippen LogP contribution in [0.15, 0.2) is 42.5 Å². The SMILES string of the molecule is Cc1ccc(N(C)C(CN)c2ccccc2Cl)c(C)c1. The number of benzene rings is 2.